The number of hydrogen-bond donors (Lipinski definition) is 0. The minimum atomic E-state index is 0.388. The first-order valence-corrected chi connectivity index (χ1v) is 8.94. The van der Waals surface area contributed by atoms with Crippen LogP contribution in [0.3, 0.4) is 0 Å². The summed E-state index contributed by atoms with van der Waals surface area (Å²) in [6, 6.07) is 15.8. The number of aryl methyl sites for hydroxylation is 1. The van der Waals surface area contributed by atoms with Gasteiger partial charge in [0.2, 0.25) is 0 Å². The van der Waals surface area contributed by atoms with E-state index in [0.29, 0.717) is 6.61 Å². The minimum Gasteiger partial charge on any atom is -0.486 e. The Morgan fingerprint density at radius 1 is 1.08 bits per heavy atom. The number of rotatable bonds is 6. The highest BCUT2D eigenvalue weighted by Crippen LogP contribution is 2.25. The van der Waals surface area contributed by atoms with Crippen molar-refractivity contribution < 1.29 is 4.74 Å². The Labute approximate surface area is 150 Å². The maximum atomic E-state index is 6.19. The van der Waals surface area contributed by atoms with Crippen LogP contribution in [0.1, 0.15) is 17.0 Å². The lowest BCUT2D eigenvalue weighted by Crippen LogP contribution is -2.04. The van der Waals surface area contributed by atoms with Crippen LogP contribution >= 0.6 is 23.4 Å². The van der Waals surface area contributed by atoms with Gasteiger partial charge in [-0.25, -0.2) is 0 Å². The van der Waals surface area contributed by atoms with Crippen molar-refractivity contribution in [2.24, 2.45) is 7.05 Å². The van der Waals surface area contributed by atoms with Crippen molar-refractivity contribution in [3.63, 3.8) is 0 Å². The molecule has 0 N–H and O–H groups in total. The van der Waals surface area contributed by atoms with Gasteiger partial charge in [-0.2, -0.15) is 0 Å². The molecular formula is C18H18ClN3OS. The zero-order chi connectivity index (χ0) is 16.9. The predicted molar refractivity (Wildman–Crippen MR) is 97.5 cm³/mol. The molecular weight excluding hydrogens is 342 g/mol. The van der Waals surface area contributed by atoms with Gasteiger partial charge in [0.1, 0.15) is 12.4 Å². The summed E-state index contributed by atoms with van der Waals surface area (Å²) in [4.78, 5) is 0. The third-order valence-corrected chi connectivity index (χ3v) is 5.07. The fraction of sp³-hybridized carbons (Fsp3) is 0.222. The average molecular weight is 360 g/mol. The highest BCUT2D eigenvalue weighted by Gasteiger charge is 2.11. The second-order valence-corrected chi connectivity index (χ2v) is 6.79. The molecule has 0 aliphatic heterocycles. The van der Waals surface area contributed by atoms with E-state index < -0.39 is 0 Å². The van der Waals surface area contributed by atoms with Gasteiger partial charge < -0.3 is 9.30 Å². The van der Waals surface area contributed by atoms with Crippen LogP contribution < -0.4 is 4.74 Å². The second kappa shape index (κ2) is 7.73. The summed E-state index contributed by atoms with van der Waals surface area (Å²) < 4.78 is 7.72. The van der Waals surface area contributed by atoms with Crippen LogP contribution in [0.15, 0.2) is 53.7 Å². The summed E-state index contributed by atoms with van der Waals surface area (Å²) in [5, 5.41) is 10.1. The Balaban J connectivity index is 1.61. The van der Waals surface area contributed by atoms with E-state index in [2.05, 4.69) is 17.1 Å². The molecule has 0 atom stereocenters. The van der Waals surface area contributed by atoms with E-state index >= 15 is 0 Å². The number of hydrogen-bond acceptors (Lipinski definition) is 4. The zero-order valence-electron chi connectivity index (χ0n) is 13.6. The average Bonchev–Trinajstić information content (AvgIpc) is 2.94. The number of ether oxygens (including phenoxy) is 1. The van der Waals surface area contributed by atoms with E-state index in [4.69, 9.17) is 16.3 Å². The Bertz CT molecular complexity index is 817. The predicted octanol–water partition coefficient (Wildman–Crippen LogP) is 4.65. The monoisotopic (exact) mass is 359 g/mol. The number of halogens is 1. The lowest BCUT2D eigenvalue weighted by molar-refractivity contribution is 0.290. The van der Waals surface area contributed by atoms with Gasteiger partial charge in [-0.15, -0.1) is 10.2 Å². The molecule has 1 aromatic heterocycles. The molecule has 0 unspecified atom stereocenters. The van der Waals surface area contributed by atoms with E-state index in [1.807, 2.05) is 60.1 Å². The zero-order valence-corrected chi connectivity index (χ0v) is 15.1. The first kappa shape index (κ1) is 16.9. The van der Waals surface area contributed by atoms with Crippen molar-refractivity contribution in [1.29, 1.82) is 0 Å². The fourth-order valence-electron chi connectivity index (χ4n) is 2.14. The lowest BCUT2D eigenvalue weighted by Gasteiger charge is -2.07. The normalized spacial score (nSPS) is 10.8. The van der Waals surface area contributed by atoms with Gasteiger partial charge in [-0.1, -0.05) is 59.3 Å². The van der Waals surface area contributed by atoms with Crippen molar-refractivity contribution in [3.8, 4) is 5.75 Å². The van der Waals surface area contributed by atoms with Gasteiger partial charge in [0.25, 0.3) is 0 Å². The number of benzene rings is 2. The molecule has 6 heteroatoms. The maximum absolute atomic E-state index is 6.19. The van der Waals surface area contributed by atoms with Gasteiger partial charge in [-0.3, -0.25) is 0 Å². The number of aromatic nitrogens is 3. The lowest BCUT2D eigenvalue weighted by atomic mass is 10.2. The van der Waals surface area contributed by atoms with Crippen molar-refractivity contribution in [2.45, 2.75) is 24.4 Å². The second-order valence-electron chi connectivity index (χ2n) is 5.44. The van der Waals surface area contributed by atoms with Gasteiger partial charge in [-0.05, 0) is 30.7 Å². The first-order chi connectivity index (χ1) is 11.6. The van der Waals surface area contributed by atoms with Crippen molar-refractivity contribution in [3.05, 3.63) is 70.5 Å². The van der Waals surface area contributed by atoms with E-state index in [-0.39, 0.29) is 0 Å². The molecule has 24 heavy (non-hydrogen) atoms. The van der Waals surface area contributed by atoms with Crippen LogP contribution in [0.4, 0.5) is 0 Å². The molecule has 3 aromatic rings. The number of thioether (sulfide) groups is 1. The molecule has 1 heterocycles. The Hall–Kier alpha value is -1.98. The molecule has 0 bridgehead atoms. The molecule has 0 saturated carbocycles. The largest absolute Gasteiger partial charge is 0.486 e. The molecule has 0 aliphatic carbocycles. The molecule has 0 spiro atoms. The molecule has 0 fully saturated rings. The first-order valence-electron chi connectivity index (χ1n) is 7.57. The number of nitrogens with zero attached hydrogens (tertiary/aromatic N) is 3. The van der Waals surface area contributed by atoms with Gasteiger partial charge >= 0.3 is 0 Å². The summed E-state index contributed by atoms with van der Waals surface area (Å²) in [5.41, 5.74) is 2.30. The highest BCUT2D eigenvalue weighted by molar-refractivity contribution is 7.98. The van der Waals surface area contributed by atoms with Crippen molar-refractivity contribution >= 4 is 23.4 Å². The van der Waals surface area contributed by atoms with E-state index in [9.17, 15) is 0 Å². The fourth-order valence-corrected chi connectivity index (χ4v) is 3.35. The van der Waals surface area contributed by atoms with Crippen LogP contribution in [0, 0.1) is 6.92 Å². The Morgan fingerprint density at radius 3 is 2.58 bits per heavy atom. The molecule has 124 valence electrons. The summed E-state index contributed by atoms with van der Waals surface area (Å²) in [5.74, 6) is 2.37. The summed E-state index contributed by atoms with van der Waals surface area (Å²) >= 11 is 7.80. The smallest absolute Gasteiger partial charge is 0.191 e. The van der Waals surface area contributed by atoms with E-state index in [0.717, 1.165) is 33.1 Å². The van der Waals surface area contributed by atoms with Crippen molar-refractivity contribution in [1.82, 2.24) is 14.8 Å². The highest BCUT2D eigenvalue weighted by atomic mass is 35.5. The van der Waals surface area contributed by atoms with E-state index in [1.54, 1.807) is 11.8 Å². The molecule has 3 rings (SSSR count). The van der Waals surface area contributed by atoms with Crippen molar-refractivity contribution in [2.75, 3.05) is 0 Å². The molecule has 0 saturated heterocycles. The summed E-state index contributed by atoms with van der Waals surface area (Å²) in [7, 11) is 1.95. The maximum Gasteiger partial charge on any atom is 0.191 e. The van der Waals surface area contributed by atoms with E-state index in [1.165, 1.54) is 5.56 Å². The van der Waals surface area contributed by atoms with Gasteiger partial charge in [0, 0.05) is 17.8 Å². The van der Waals surface area contributed by atoms with Crippen LogP contribution in [0.2, 0.25) is 5.02 Å². The summed E-state index contributed by atoms with van der Waals surface area (Å²) in [6.45, 7) is 2.44. The standard InChI is InChI=1S/C18H18ClN3OS/c1-13-7-9-15(10-8-13)23-11-17-20-21-18(22(17)2)24-12-14-5-3-4-6-16(14)19/h3-10H,11-12H2,1-2H3. The summed E-state index contributed by atoms with van der Waals surface area (Å²) in [6.07, 6.45) is 0. The van der Waals surface area contributed by atoms with Crippen LogP contribution in [0.25, 0.3) is 0 Å². The Morgan fingerprint density at radius 2 is 1.83 bits per heavy atom. The SMILES string of the molecule is Cc1ccc(OCc2nnc(SCc3ccccc3Cl)n2C)cc1. The minimum absolute atomic E-state index is 0.388. The van der Waals surface area contributed by atoms with Crippen LogP contribution in [0.5, 0.6) is 5.75 Å². The topological polar surface area (TPSA) is 39.9 Å². The third kappa shape index (κ3) is 4.10. The molecule has 0 aliphatic rings. The van der Waals surface area contributed by atoms with Gasteiger partial charge in [0.05, 0.1) is 0 Å². The van der Waals surface area contributed by atoms with Gasteiger partial charge in [0.15, 0.2) is 11.0 Å². The quantitative estimate of drug-likeness (QED) is 0.601. The van der Waals surface area contributed by atoms with Crippen LogP contribution in [-0.4, -0.2) is 14.8 Å². The molecule has 0 radical (unpaired) electrons. The molecule has 0 amide bonds. The third-order valence-electron chi connectivity index (χ3n) is 3.63. The molecule has 2 aromatic carbocycles. The van der Waals surface area contributed by atoms with Crippen LogP contribution in [-0.2, 0) is 19.4 Å². The Kier molecular flexibility index (Phi) is 5.43. The molecule has 4 nitrogen and oxygen atoms in total.